The fraction of sp³-hybridized carbons (Fsp3) is 0.267. The van der Waals surface area contributed by atoms with Crippen molar-refractivity contribution in [3.63, 3.8) is 0 Å². The van der Waals surface area contributed by atoms with E-state index in [0.717, 1.165) is 18.8 Å². The minimum absolute atomic E-state index is 0.386. The summed E-state index contributed by atoms with van der Waals surface area (Å²) in [7, 11) is 0. The summed E-state index contributed by atoms with van der Waals surface area (Å²) in [5, 5.41) is 3.57. The Hall–Kier alpha value is -2.36. The van der Waals surface area contributed by atoms with Crippen LogP contribution >= 0.6 is 11.6 Å². The van der Waals surface area contributed by atoms with Crippen LogP contribution in [-0.2, 0) is 4.74 Å². The molecule has 22 heavy (non-hydrogen) atoms. The van der Waals surface area contributed by atoms with Gasteiger partial charge in [0.05, 0.1) is 19.8 Å². The quantitative estimate of drug-likeness (QED) is 0.696. The van der Waals surface area contributed by atoms with Crippen molar-refractivity contribution in [3.05, 3.63) is 46.9 Å². The van der Waals surface area contributed by atoms with E-state index in [9.17, 15) is 0 Å². The average Bonchev–Trinajstić information content (AvgIpc) is 2.56. The van der Waals surface area contributed by atoms with Gasteiger partial charge in [0.15, 0.2) is 5.69 Å². The Kier molecular flexibility index (Phi) is 4.37. The van der Waals surface area contributed by atoms with E-state index in [1.807, 2.05) is 17.0 Å². The first kappa shape index (κ1) is 14.6. The van der Waals surface area contributed by atoms with Crippen molar-refractivity contribution in [2.75, 3.05) is 36.5 Å². The third-order valence-electron chi connectivity index (χ3n) is 3.25. The number of nitrogens with one attached hydrogen (secondary N) is 1. The molecule has 1 saturated heterocycles. The van der Waals surface area contributed by atoms with E-state index >= 15 is 0 Å². The van der Waals surface area contributed by atoms with E-state index in [4.69, 9.17) is 22.9 Å². The number of morpholine rings is 1. The Labute approximate surface area is 133 Å². The van der Waals surface area contributed by atoms with Crippen LogP contribution in [0.4, 0.5) is 23.1 Å². The number of aromatic nitrogens is 2. The molecule has 0 spiro atoms. The Morgan fingerprint density at radius 1 is 1.18 bits per heavy atom. The largest absolute Gasteiger partial charge is 0.378 e. The normalized spacial score (nSPS) is 14.5. The zero-order valence-corrected chi connectivity index (χ0v) is 12.5. The van der Waals surface area contributed by atoms with E-state index in [0.29, 0.717) is 35.8 Å². The summed E-state index contributed by atoms with van der Waals surface area (Å²) in [4.78, 5) is 14.2. The standard InChI is InChI=1S/C15H14ClN5O/c1-17-11-2-4-12(5-3-11)18-14-10-13(16)19-15(20-14)21-6-8-22-9-7-21/h2-5,10H,6-9H2,(H,18,19,20). The number of hydrogen-bond donors (Lipinski definition) is 1. The molecule has 1 aromatic carbocycles. The van der Waals surface area contributed by atoms with Crippen LogP contribution in [0.2, 0.25) is 5.15 Å². The minimum Gasteiger partial charge on any atom is -0.378 e. The van der Waals surface area contributed by atoms with Gasteiger partial charge in [0.1, 0.15) is 11.0 Å². The first-order chi connectivity index (χ1) is 10.7. The third-order valence-corrected chi connectivity index (χ3v) is 3.44. The van der Waals surface area contributed by atoms with Crippen molar-refractivity contribution in [3.8, 4) is 0 Å². The number of rotatable bonds is 3. The maximum absolute atomic E-state index is 6.96. The van der Waals surface area contributed by atoms with Crippen LogP contribution in [0.25, 0.3) is 4.85 Å². The zero-order chi connectivity index (χ0) is 15.4. The highest BCUT2D eigenvalue weighted by Gasteiger charge is 2.15. The van der Waals surface area contributed by atoms with Crippen molar-refractivity contribution >= 4 is 34.7 Å². The Bertz CT molecular complexity index is 692. The van der Waals surface area contributed by atoms with Gasteiger partial charge >= 0.3 is 0 Å². The van der Waals surface area contributed by atoms with Gasteiger partial charge in [0, 0.05) is 24.8 Å². The van der Waals surface area contributed by atoms with Gasteiger partial charge < -0.3 is 15.0 Å². The maximum atomic E-state index is 6.96. The van der Waals surface area contributed by atoms with Crippen LogP contribution in [0, 0.1) is 6.57 Å². The highest BCUT2D eigenvalue weighted by Crippen LogP contribution is 2.23. The van der Waals surface area contributed by atoms with Crippen LogP contribution in [0.1, 0.15) is 0 Å². The predicted molar refractivity (Wildman–Crippen MR) is 86.1 cm³/mol. The summed E-state index contributed by atoms with van der Waals surface area (Å²) >= 11 is 6.09. The molecule has 3 rings (SSSR count). The van der Waals surface area contributed by atoms with Gasteiger partial charge in [-0.2, -0.15) is 4.98 Å². The molecule has 0 atom stereocenters. The lowest BCUT2D eigenvalue weighted by molar-refractivity contribution is 0.122. The molecule has 7 heteroatoms. The number of halogens is 1. The first-order valence-electron chi connectivity index (χ1n) is 6.86. The molecule has 0 unspecified atom stereocenters. The smallest absolute Gasteiger partial charge is 0.228 e. The Morgan fingerprint density at radius 3 is 2.59 bits per heavy atom. The second-order valence-corrected chi connectivity index (χ2v) is 5.15. The summed E-state index contributed by atoms with van der Waals surface area (Å²) in [6.07, 6.45) is 0. The highest BCUT2D eigenvalue weighted by molar-refractivity contribution is 6.29. The molecular weight excluding hydrogens is 302 g/mol. The van der Waals surface area contributed by atoms with Crippen LogP contribution in [-0.4, -0.2) is 36.3 Å². The van der Waals surface area contributed by atoms with Gasteiger partial charge in [-0.15, -0.1) is 0 Å². The van der Waals surface area contributed by atoms with Gasteiger partial charge in [-0.25, -0.2) is 9.83 Å². The van der Waals surface area contributed by atoms with E-state index < -0.39 is 0 Å². The molecule has 2 heterocycles. The molecule has 1 aliphatic heterocycles. The fourth-order valence-corrected chi connectivity index (χ4v) is 2.32. The summed E-state index contributed by atoms with van der Waals surface area (Å²) in [5.74, 6) is 1.22. The zero-order valence-electron chi connectivity index (χ0n) is 11.8. The molecule has 1 N–H and O–H groups in total. The van der Waals surface area contributed by atoms with Crippen molar-refractivity contribution in [2.45, 2.75) is 0 Å². The number of benzene rings is 1. The maximum Gasteiger partial charge on any atom is 0.228 e. The van der Waals surface area contributed by atoms with Gasteiger partial charge in [-0.3, -0.25) is 0 Å². The van der Waals surface area contributed by atoms with Crippen molar-refractivity contribution in [1.82, 2.24) is 9.97 Å². The predicted octanol–water partition coefficient (Wildman–Crippen LogP) is 3.26. The van der Waals surface area contributed by atoms with Crippen molar-refractivity contribution < 1.29 is 4.74 Å². The fourth-order valence-electron chi connectivity index (χ4n) is 2.14. The number of anilines is 3. The Balaban J connectivity index is 1.80. The molecule has 0 radical (unpaired) electrons. The molecule has 112 valence electrons. The van der Waals surface area contributed by atoms with E-state index in [1.54, 1.807) is 18.2 Å². The molecule has 0 saturated carbocycles. The van der Waals surface area contributed by atoms with Crippen LogP contribution < -0.4 is 10.2 Å². The highest BCUT2D eigenvalue weighted by atomic mass is 35.5. The summed E-state index contributed by atoms with van der Waals surface area (Å²) in [5.41, 5.74) is 1.44. The molecule has 1 fully saturated rings. The summed E-state index contributed by atoms with van der Waals surface area (Å²) in [6.45, 7) is 9.78. The van der Waals surface area contributed by atoms with Gasteiger partial charge in [-0.1, -0.05) is 23.7 Å². The molecule has 6 nitrogen and oxygen atoms in total. The lowest BCUT2D eigenvalue weighted by Crippen LogP contribution is -2.37. The monoisotopic (exact) mass is 315 g/mol. The van der Waals surface area contributed by atoms with Crippen LogP contribution in [0.5, 0.6) is 0 Å². The molecular formula is C15H14ClN5O. The summed E-state index contributed by atoms with van der Waals surface area (Å²) < 4.78 is 5.33. The second kappa shape index (κ2) is 6.60. The SMILES string of the molecule is [C-]#[N+]c1ccc(Nc2cc(Cl)nc(N3CCOCC3)n2)cc1. The van der Waals surface area contributed by atoms with Crippen LogP contribution in [0.15, 0.2) is 30.3 Å². The van der Waals surface area contributed by atoms with E-state index in [-0.39, 0.29) is 0 Å². The van der Waals surface area contributed by atoms with E-state index in [2.05, 4.69) is 20.1 Å². The topological polar surface area (TPSA) is 54.6 Å². The van der Waals surface area contributed by atoms with Crippen LogP contribution in [0.3, 0.4) is 0 Å². The van der Waals surface area contributed by atoms with Crippen molar-refractivity contribution in [1.29, 1.82) is 0 Å². The molecule has 0 amide bonds. The number of hydrogen-bond acceptors (Lipinski definition) is 5. The molecule has 2 aromatic rings. The summed E-state index contributed by atoms with van der Waals surface area (Å²) in [6, 6.07) is 8.84. The minimum atomic E-state index is 0.386. The molecule has 1 aliphatic rings. The molecule has 0 aliphatic carbocycles. The van der Waals surface area contributed by atoms with Gasteiger partial charge in [-0.05, 0) is 12.1 Å². The molecule has 0 bridgehead atoms. The first-order valence-corrected chi connectivity index (χ1v) is 7.24. The third kappa shape index (κ3) is 3.45. The lowest BCUT2D eigenvalue weighted by Gasteiger charge is -2.27. The number of ether oxygens (including phenoxy) is 1. The Morgan fingerprint density at radius 2 is 1.91 bits per heavy atom. The van der Waals surface area contributed by atoms with Gasteiger partial charge in [0.2, 0.25) is 5.95 Å². The number of nitrogens with zero attached hydrogens (tertiary/aromatic N) is 4. The van der Waals surface area contributed by atoms with E-state index in [1.165, 1.54) is 0 Å². The van der Waals surface area contributed by atoms with Crippen molar-refractivity contribution in [2.24, 2.45) is 0 Å². The molecule has 1 aromatic heterocycles. The van der Waals surface area contributed by atoms with Gasteiger partial charge in [0.25, 0.3) is 0 Å². The average molecular weight is 316 g/mol. The second-order valence-electron chi connectivity index (χ2n) is 4.76. The lowest BCUT2D eigenvalue weighted by atomic mass is 10.3.